The van der Waals surface area contributed by atoms with Crippen LogP contribution in [0.3, 0.4) is 0 Å². The van der Waals surface area contributed by atoms with Crippen LogP contribution in [-0.2, 0) is 13.1 Å². The van der Waals surface area contributed by atoms with E-state index >= 15 is 0 Å². The van der Waals surface area contributed by atoms with Gasteiger partial charge in [-0.15, -0.1) is 12.4 Å². The summed E-state index contributed by atoms with van der Waals surface area (Å²) in [4.78, 5) is 0. The van der Waals surface area contributed by atoms with E-state index in [2.05, 4.69) is 36.8 Å². The number of hydrogen-bond donors (Lipinski definition) is 4. The number of aryl methyl sites for hydroxylation is 4. The minimum absolute atomic E-state index is 0. The zero-order valence-corrected chi connectivity index (χ0v) is 22.6. The Balaban J connectivity index is 0.000000271. The maximum atomic E-state index is 8.73. The van der Waals surface area contributed by atoms with Crippen molar-refractivity contribution in [2.45, 2.75) is 40.8 Å². The van der Waals surface area contributed by atoms with E-state index in [1.807, 2.05) is 56.3 Å². The molecule has 2 heterocycles. The molecule has 0 bridgehead atoms. The van der Waals surface area contributed by atoms with E-state index in [1.165, 1.54) is 0 Å². The average Bonchev–Trinajstić information content (AvgIpc) is 3.34. The van der Waals surface area contributed by atoms with Gasteiger partial charge < -0.3 is 30.6 Å². The Morgan fingerprint density at radius 2 is 1.37 bits per heavy atom. The number of aromatic nitrogens is 2. The molecule has 0 aliphatic rings. The van der Waals surface area contributed by atoms with Crippen molar-refractivity contribution < 1.29 is 19.1 Å². The summed E-state index contributed by atoms with van der Waals surface area (Å²) in [6, 6.07) is 16.1. The Morgan fingerprint density at radius 3 is 1.77 bits per heavy atom. The van der Waals surface area contributed by atoms with Gasteiger partial charge in [0.05, 0.1) is 11.4 Å². The number of hydrogen-bond acceptors (Lipinski definition) is 8. The third kappa shape index (κ3) is 8.92. The molecule has 6 N–H and O–H groups in total. The molecule has 0 amide bonds. The molecule has 11 heteroatoms. The van der Waals surface area contributed by atoms with Crippen molar-refractivity contribution in [3.8, 4) is 11.1 Å². The van der Waals surface area contributed by atoms with Crippen molar-refractivity contribution in [3.05, 3.63) is 87.0 Å². The molecular weight excluding hydrogens is 534 g/mol. The number of halogens is 2. The summed E-state index contributed by atoms with van der Waals surface area (Å²) < 4.78 is 10.9. The normalized spacial score (nSPS) is 9.86. The Hall–Kier alpha value is -2.47. The number of nitrogens with two attached hydrogens (primary N) is 2. The highest BCUT2D eigenvalue weighted by Crippen LogP contribution is 2.27. The summed E-state index contributed by atoms with van der Waals surface area (Å²) in [6.45, 7) is 8.32. The van der Waals surface area contributed by atoms with Crippen LogP contribution < -0.4 is 16.9 Å². The van der Waals surface area contributed by atoms with E-state index < -0.39 is 7.12 Å². The van der Waals surface area contributed by atoms with Crippen LogP contribution in [0.2, 0.25) is 0 Å². The fourth-order valence-electron chi connectivity index (χ4n) is 3.27. The maximum Gasteiger partial charge on any atom is 0.494 e. The van der Waals surface area contributed by atoms with E-state index in [0.717, 1.165) is 38.2 Å². The van der Waals surface area contributed by atoms with Gasteiger partial charge >= 0.3 is 7.12 Å². The molecule has 4 aromatic rings. The molecule has 0 atom stereocenters. The zero-order chi connectivity index (χ0) is 25.3. The van der Waals surface area contributed by atoms with Crippen LogP contribution in [0.25, 0.3) is 11.1 Å². The van der Waals surface area contributed by atoms with Crippen LogP contribution in [-0.4, -0.2) is 27.5 Å². The van der Waals surface area contributed by atoms with Crippen molar-refractivity contribution in [3.63, 3.8) is 0 Å². The monoisotopic (exact) mass is 564 g/mol. The average molecular weight is 566 g/mol. The Morgan fingerprint density at radius 1 is 0.829 bits per heavy atom. The molecule has 0 radical (unpaired) electrons. The summed E-state index contributed by atoms with van der Waals surface area (Å²) in [5, 5.41) is 24.9. The van der Waals surface area contributed by atoms with Gasteiger partial charge in [-0.3, -0.25) is 0 Å². The summed E-state index contributed by atoms with van der Waals surface area (Å²) in [6.07, 6.45) is 0. The van der Waals surface area contributed by atoms with E-state index in [0.29, 0.717) is 30.0 Å². The Labute approximate surface area is 220 Å². The van der Waals surface area contributed by atoms with Crippen molar-refractivity contribution in [1.29, 1.82) is 0 Å². The van der Waals surface area contributed by atoms with Gasteiger partial charge in [-0.2, -0.15) is 0 Å². The fourth-order valence-corrected chi connectivity index (χ4v) is 3.72. The lowest BCUT2D eigenvalue weighted by Crippen LogP contribution is -2.32. The molecule has 188 valence electrons. The molecule has 4 rings (SSSR count). The van der Waals surface area contributed by atoms with E-state index in [1.54, 1.807) is 13.8 Å². The van der Waals surface area contributed by atoms with Crippen molar-refractivity contribution in [2.75, 3.05) is 0 Å². The first-order valence-electron chi connectivity index (χ1n) is 10.6. The maximum absolute atomic E-state index is 8.73. The highest BCUT2D eigenvalue weighted by molar-refractivity contribution is 9.10. The fraction of sp³-hybridized carbons (Fsp3) is 0.250. The van der Waals surface area contributed by atoms with Gasteiger partial charge in [0.2, 0.25) is 0 Å². The lowest BCUT2D eigenvalue weighted by atomic mass is 9.79. The van der Waals surface area contributed by atoms with Gasteiger partial charge in [-0.05, 0) is 62.6 Å². The topological polar surface area (TPSA) is 145 Å². The van der Waals surface area contributed by atoms with Gasteiger partial charge in [-0.25, -0.2) is 0 Å². The SMILES string of the molecule is Cc1noc(C)c1-c1cccc(CN)c1.Cc1noc(C)c1B(O)O.Cl.NCc1cccc(Br)c1. The van der Waals surface area contributed by atoms with Gasteiger partial charge in [-0.1, -0.05) is 56.6 Å². The van der Waals surface area contributed by atoms with Crippen molar-refractivity contribution in [1.82, 2.24) is 10.3 Å². The predicted octanol–water partition coefficient (Wildman–Crippen LogP) is 3.72. The van der Waals surface area contributed by atoms with Crippen LogP contribution in [0, 0.1) is 27.7 Å². The summed E-state index contributed by atoms with van der Waals surface area (Å²) in [5.74, 6) is 1.30. The molecule has 0 aliphatic carbocycles. The van der Waals surface area contributed by atoms with Gasteiger partial charge in [0, 0.05) is 28.6 Å². The van der Waals surface area contributed by atoms with Crippen molar-refractivity contribution in [2.24, 2.45) is 11.5 Å². The Bertz CT molecular complexity index is 1160. The third-order valence-electron chi connectivity index (χ3n) is 4.96. The molecule has 0 saturated carbocycles. The largest absolute Gasteiger partial charge is 0.494 e. The highest BCUT2D eigenvalue weighted by Gasteiger charge is 2.20. The second-order valence-corrected chi connectivity index (χ2v) is 8.46. The zero-order valence-electron chi connectivity index (χ0n) is 20.2. The lowest BCUT2D eigenvalue weighted by molar-refractivity contribution is 0.392. The molecule has 2 aromatic carbocycles. The predicted molar refractivity (Wildman–Crippen MR) is 144 cm³/mol. The number of rotatable bonds is 4. The first kappa shape index (κ1) is 30.6. The van der Waals surface area contributed by atoms with Gasteiger partial charge in [0.25, 0.3) is 0 Å². The standard InChI is InChI=1S/C12H14N2O.C7H8BrN.C5H8BNO3.ClH/c1-8-12(9(2)15-14-8)11-5-3-4-10(6-11)7-13;8-7-3-1-2-6(4-7)5-9;1-3-5(6(8)9)4(2)10-7-3;/h3-6H,7,13H2,1-2H3;1-4H,5,9H2;8-9H,1-2H3;1H. The van der Waals surface area contributed by atoms with Gasteiger partial charge in [0.15, 0.2) is 0 Å². The van der Waals surface area contributed by atoms with Crippen LogP contribution in [0.15, 0.2) is 62.0 Å². The summed E-state index contributed by atoms with van der Waals surface area (Å²) in [5.41, 5.74) is 17.3. The quantitative estimate of drug-likeness (QED) is 0.274. The highest BCUT2D eigenvalue weighted by atomic mass is 79.9. The first-order valence-corrected chi connectivity index (χ1v) is 11.4. The van der Waals surface area contributed by atoms with Crippen molar-refractivity contribution >= 4 is 40.9 Å². The molecule has 8 nitrogen and oxygen atoms in total. The minimum Gasteiger partial charge on any atom is -0.423 e. The minimum atomic E-state index is -1.48. The molecule has 0 saturated heterocycles. The second kappa shape index (κ2) is 14.8. The molecule has 0 unspecified atom stereocenters. The lowest BCUT2D eigenvalue weighted by Gasteiger charge is -2.02. The van der Waals surface area contributed by atoms with E-state index in [9.17, 15) is 0 Å². The van der Waals surface area contributed by atoms with Crippen LogP contribution >= 0.6 is 28.3 Å². The molecule has 0 fully saturated rings. The summed E-state index contributed by atoms with van der Waals surface area (Å²) in [7, 11) is -1.48. The number of nitrogens with zero attached hydrogens (tertiary/aromatic N) is 2. The molecule has 0 aliphatic heterocycles. The van der Waals surface area contributed by atoms with Crippen LogP contribution in [0.5, 0.6) is 0 Å². The Kier molecular flexibility index (Phi) is 12.9. The molecule has 2 aromatic heterocycles. The van der Waals surface area contributed by atoms with Gasteiger partial charge in [0.1, 0.15) is 11.5 Å². The van der Waals surface area contributed by atoms with Crippen LogP contribution in [0.4, 0.5) is 0 Å². The van der Waals surface area contributed by atoms with Crippen LogP contribution in [0.1, 0.15) is 34.0 Å². The smallest absolute Gasteiger partial charge is 0.423 e. The molecule has 35 heavy (non-hydrogen) atoms. The molecular formula is C24H31BBrClN4O4. The number of benzene rings is 2. The van der Waals surface area contributed by atoms with E-state index in [-0.39, 0.29) is 12.4 Å². The van der Waals surface area contributed by atoms with E-state index in [4.69, 9.17) is 26.0 Å². The molecule has 0 spiro atoms. The second-order valence-electron chi connectivity index (χ2n) is 7.55. The summed E-state index contributed by atoms with van der Waals surface area (Å²) >= 11 is 3.35. The third-order valence-corrected chi connectivity index (χ3v) is 5.45. The first-order chi connectivity index (χ1) is 16.2.